The van der Waals surface area contributed by atoms with Gasteiger partial charge in [0.25, 0.3) is 5.91 Å². The first-order valence-electron chi connectivity index (χ1n) is 9.02. The van der Waals surface area contributed by atoms with Crippen molar-refractivity contribution in [2.45, 2.75) is 13.5 Å². The van der Waals surface area contributed by atoms with E-state index in [1.807, 2.05) is 18.2 Å². The van der Waals surface area contributed by atoms with Gasteiger partial charge in [-0.15, -0.1) is 0 Å². The van der Waals surface area contributed by atoms with E-state index in [9.17, 15) is 10.1 Å². The predicted octanol–water partition coefficient (Wildman–Crippen LogP) is 4.84. The average molecular weight is 383 g/mol. The maximum atomic E-state index is 12.6. The minimum absolute atomic E-state index is 0.247. The van der Waals surface area contributed by atoms with Crippen LogP contribution in [0.2, 0.25) is 0 Å². The van der Waals surface area contributed by atoms with Gasteiger partial charge in [0.1, 0.15) is 17.9 Å². The number of aromatic nitrogens is 1. The normalized spacial score (nSPS) is 10.5. The highest BCUT2D eigenvalue weighted by molar-refractivity contribution is 6.05. The van der Waals surface area contributed by atoms with E-state index in [2.05, 4.69) is 16.4 Å². The van der Waals surface area contributed by atoms with Crippen LogP contribution in [0.3, 0.4) is 0 Å². The van der Waals surface area contributed by atoms with Crippen molar-refractivity contribution in [2.24, 2.45) is 0 Å². The summed E-state index contributed by atoms with van der Waals surface area (Å²) in [5, 5.41) is 12.0. The lowest BCUT2D eigenvalue weighted by Crippen LogP contribution is -2.12. The molecule has 3 aromatic carbocycles. The number of anilines is 1. The number of nitrogens with zero attached hydrogens (tertiary/aromatic N) is 2. The molecule has 0 saturated heterocycles. The molecule has 6 nitrogen and oxygen atoms in total. The summed E-state index contributed by atoms with van der Waals surface area (Å²) in [5.74, 6) is 0.867. The predicted molar refractivity (Wildman–Crippen MR) is 109 cm³/mol. The van der Waals surface area contributed by atoms with Gasteiger partial charge in [-0.25, -0.2) is 4.98 Å². The van der Waals surface area contributed by atoms with Crippen molar-refractivity contribution in [1.82, 2.24) is 4.98 Å². The average Bonchev–Trinajstić information content (AvgIpc) is 3.12. The zero-order valence-corrected chi connectivity index (χ0v) is 15.7. The molecule has 0 bridgehead atoms. The van der Waals surface area contributed by atoms with Gasteiger partial charge in [0.15, 0.2) is 11.5 Å². The molecule has 0 aliphatic heterocycles. The monoisotopic (exact) mass is 383 g/mol. The number of carbonyl (C=O) groups excluding carboxylic acids is 1. The lowest BCUT2D eigenvalue weighted by molar-refractivity contribution is 0.102. The maximum absolute atomic E-state index is 12.6. The number of aryl methyl sites for hydroxylation is 1. The number of benzene rings is 3. The summed E-state index contributed by atoms with van der Waals surface area (Å²) in [6, 6.07) is 21.6. The molecule has 29 heavy (non-hydrogen) atoms. The second kappa shape index (κ2) is 7.87. The molecule has 6 heteroatoms. The fraction of sp³-hybridized carbons (Fsp3) is 0.0870. The van der Waals surface area contributed by atoms with Crippen LogP contribution < -0.4 is 10.1 Å². The molecule has 4 rings (SSSR count). The Morgan fingerprint density at radius 1 is 1.14 bits per heavy atom. The topological polar surface area (TPSA) is 88.1 Å². The summed E-state index contributed by atoms with van der Waals surface area (Å²) < 4.78 is 11.2. The van der Waals surface area contributed by atoms with Gasteiger partial charge in [0.2, 0.25) is 0 Å². The Labute approximate surface area is 167 Å². The van der Waals surface area contributed by atoms with Gasteiger partial charge in [0, 0.05) is 23.7 Å². The number of hydrogen-bond acceptors (Lipinski definition) is 5. The molecule has 142 valence electrons. The fourth-order valence-electron chi connectivity index (χ4n) is 2.97. The van der Waals surface area contributed by atoms with Gasteiger partial charge in [-0.3, -0.25) is 4.79 Å². The van der Waals surface area contributed by atoms with Crippen LogP contribution in [0.5, 0.6) is 5.75 Å². The molecule has 1 heterocycles. The van der Waals surface area contributed by atoms with Crippen LogP contribution in [-0.4, -0.2) is 10.9 Å². The Hall–Kier alpha value is -4.11. The molecule has 0 radical (unpaired) electrons. The third-order valence-corrected chi connectivity index (χ3v) is 4.38. The van der Waals surface area contributed by atoms with E-state index in [1.165, 1.54) is 0 Å². The summed E-state index contributed by atoms with van der Waals surface area (Å²) in [5.41, 5.74) is 3.82. The Morgan fingerprint density at radius 2 is 2.00 bits per heavy atom. The molecular weight excluding hydrogens is 366 g/mol. The minimum atomic E-state index is -0.257. The van der Waals surface area contributed by atoms with E-state index in [1.54, 1.807) is 55.5 Å². The van der Waals surface area contributed by atoms with Gasteiger partial charge < -0.3 is 14.5 Å². The van der Waals surface area contributed by atoms with Gasteiger partial charge in [-0.05, 0) is 42.5 Å². The van der Waals surface area contributed by atoms with Crippen LogP contribution in [0, 0.1) is 18.3 Å². The Bertz CT molecular complexity index is 1240. The fourth-order valence-corrected chi connectivity index (χ4v) is 2.97. The first-order valence-corrected chi connectivity index (χ1v) is 9.02. The van der Waals surface area contributed by atoms with Crippen LogP contribution in [-0.2, 0) is 6.61 Å². The number of ether oxygens (including phenoxy) is 1. The summed E-state index contributed by atoms with van der Waals surface area (Å²) in [6.45, 7) is 2.02. The lowest BCUT2D eigenvalue weighted by Gasteiger charge is -2.10. The van der Waals surface area contributed by atoms with E-state index < -0.39 is 0 Å². The number of nitrogens with one attached hydrogen (secondary N) is 1. The van der Waals surface area contributed by atoms with Crippen LogP contribution in [0.1, 0.15) is 27.4 Å². The maximum Gasteiger partial charge on any atom is 0.255 e. The standard InChI is InChI=1S/C23H17N3O3/c1-15-25-21-12-19(9-10-22(21)29-15)26-23(27)16-7-4-8-20(11-16)28-14-18-6-3-2-5-17(18)13-24/h2-12H,14H2,1H3,(H,26,27). The van der Waals surface area contributed by atoms with E-state index in [0.717, 1.165) is 5.56 Å². The number of nitriles is 1. The molecule has 0 aliphatic rings. The first kappa shape index (κ1) is 18.3. The third-order valence-electron chi connectivity index (χ3n) is 4.38. The molecule has 0 aliphatic carbocycles. The number of amides is 1. The second-order valence-corrected chi connectivity index (χ2v) is 6.45. The summed E-state index contributed by atoms with van der Waals surface area (Å²) >= 11 is 0. The van der Waals surface area contributed by atoms with Crippen LogP contribution in [0.15, 0.2) is 71.1 Å². The zero-order chi connectivity index (χ0) is 20.2. The Kier molecular flexibility index (Phi) is 4.95. The Morgan fingerprint density at radius 3 is 2.86 bits per heavy atom. The summed E-state index contributed by atoms with van der Waals surface area (Å²) in [7, 11) is 0. The number of rotatable bonds is 5. The quantitative estimate of drug-likeness (QED) is 0.533. The zero-order valence-electron chi connectivity index (χ0n) is 15.7. The molecule has 0 atom stereocenters. The van der Waals surface area contributed by atoms with Crippen molar-refractivity contribution < 1.29 is 13.9 Å². The van der Waals surface area contributed by atoms with Crippen molar-refractivity contribution in [3.05, 3.63) is 89.3 Å². The minimum Gasteiger partial charge on any atom is -0.489 e. The van der Waals surface area contributed by atoms with Crippen LogP contribution >= 0.6 is 0 Å². The van der Waals surface area contributed by atoms with Crippen molar-refractivity contribution in [1.29, 1.82) is 5.26 Å². The lowest BCUT2D eigenvalue weighted by atomic mass is 10.1. The largest absolute Gasteiger partial charge is 0.489 e. The van der Waals surface area contributed by atoms with Crippen molar-refractivity contribution >= 4 is 22.7 Å². The van der Waals surface area contributed by atoms with Crippen LogP contribution in [0.4, 0.5) is 5.69 Å². The van der Waals surface area contributed by atoms with Gasteiger partial charge in [0.05, 0.1) is 11.6 Å². The first-order chi connectivity index (χ1) is 14.1. The van der Waals surface area contributed by atoms with Gasteiger partial charge >= 0.3 is 0 Å². The third kappa shape index (κ3) is 4.09. The number of hydrogen-bond donors (Lipinski definition) is 1. The molecule has 0 saturated carbocycles. The number of fused-ring (bicyclic) bond motifs is 1. The second-order valence-electron chi connectivity index (χ2n) is 6.45. The van der Waals surface area contributed by atoms with E-state index >= 15 is 0 Å². The number of oxazole rings is 1. The van der Waals surface area contributed by atoms with E-state index in [-0.39, 0.29) is 12.5 Å². The highest BCUT2D eigenvalue weighted by Gasteiger charge is 2.10. The molecule has 4 aromatic rings. The van der Waals surface area contributed by atoms with Gasteiger partial charge in [-0.1, -0.05) is 24.3 Å². The van der Waals surface area contributed by atoms with Crippen molar-refractivity contribution in [2.75, 3.05) is 5.32 Å². The SMILES string of the molecule is Cc1nc2cc(NC(=O)c3cccc(OCc4ccccc4C#N)c3)ccc2o1. The van der Waals surface area contributed by atoms with E-state index in [0.29, 0.717) is 39.6 Å². The molecule has 1 N–H and O–H groups in total. The van der Waals surface area contributed by atoms with Gasteiger partial charge in [-0.2, -0.15) is 5.26 Å². The number of carbonyl (C=O) groups is 1. The molecular formula is C23H17N3O3. The molecule has 0 unspecified atom stereocenters. The highest BCUT2D eigenvalue weighted by Crippen LogP contribution is 2.21. The molecule has 1 aromatic heterocycles. The van der Waals surface area contributed by atoms with Crippen molar-refractivity contribution in [3.63, 3.8) is 0 Å². The summed E-state index contributed by atoms with van der Waals surface area (Å²) in [4.78, 5) is 16.9. The smallest absolute Gasteiger partial charge is 0.255 e. The van der Waals surface area contributed by atoms with Crippen molar-refractivity contribution in [3.8, 4) is 11.8 Å². The molecule has 1 amide bonds. The van der Waals surface area contributed by atoms with E-state index in [4.69, 9.17) is 9.15 Å². The molecule has 0 spiro atoms. The molecule has 0 fully saturated rings. The summed E-state index contributed by atoms with van der Waals surface area (Å²) in [6.07, 6.45) is 0. The van der Waals surface area contributed by atoms with Crippen LogP contribution in [0.25, 0.3) is 11.1 Å². The Balaban J connectivity index is 1.47. The highest BCUT2D eigenvalue weighted by atomic mass is 16.5.